The van der Waals surface area contributed by atoms with Crippen LogP contribution in [-0.2, 0) is 11.3 Å². The van der Waals surface area contributed by atoms with Crippen molar-refractivity contribution < 1.29 is 13.9 Å². The number of para-hydroxylation sites is 1. The van der Waals surface area contributed by atoms with E-state index in [1.165, 1.54) is 17.0 Å². The van der Waals surface area contributed by atoms with Gasteiger partial charge in [-0.2, -0.15) is 0 Å². The Kier molecular flexibility index (Phi) is 6.67. The summed E-state index contributed by atoms with van der Waals surface area (Å²) in [7, 11) is 1.56. The van der Waals surface area contributed by atoms with Crippen molar-refractivity contribution in [1.82, 2.24) is 9.88 Å². The minimum absolute atomic E-state index is 0.119. The monoisotopic (exact) mass is 415 g/mol. The second-order valence-corrected chi connectivity index (χ2v) is 7.27. The van der Waals surface area contributed by atoms with Crippen molar-refractivity contribution in [3.8, 4) is 0 Å². The molecule has 29 heavy (non-hydrogen) atoms. The summed E-state index contributed by atoms with van der Waals surface area (Å²) in [4.78, 5) is 18.8. The molecule has 2 aromatic carbocycles. The third-order valence-electron chi connectivity index (χ3n) is 4.64. The maximum atomic E-state index is 13.9. The number of fused-ring (bicyclic) bond motifs is 1. The Morgan fingerprint density at radius 2 is 2.00 bits per heavy atom. The van der Waals surface area contributed by atoms with Crippen LogP contribution in [0.2, 0.25) is 5.15 Å². The number of ether oxygens (including phenoxy) is 1. The van der Waals surface area contributed by atoms with Gasteiger partial charge in [0.1, 0.15) is 11.0 Å². The number of nitrogens with zero attached hydrogens (tertiary/aromatic N) is 2. The molecule has 1 heterocycles. The molecule has 0 fully saturated rings. The lowest BCUT2D eigenvalue weighted by Gasteiger charge is -2.23. The lowest BCUT2D eigenvalue weighted by Crippen LogP contribution is -2.37. The van der Waals surface area contributed by atoms with E-state index in [0.717, 1.165) is 22.0 Å². The number of nitrogens with one attached hydrogen (secondary N) is 1. The van der Waals surface area contributed by atoms with Crippen LogP contribution < -0.4 is 5.32 Å². The topological polar surface area (TPSA) is 54.5 Å². The van der Waals surface area contributed by atoms with E-state index in [4.69, 9.17) is 16.3 Å². The maximum Gasteiger partial charge on any atom is 0.322 e. The standard InChI is InChI=1S/C22H23ClFN3O2/c1-14-10-15(2)17-12-16(21(23)25-20(17)11-14)13-27(8-9-29-3)22(28)26-19-7-5-4-6-18(19)24/h4-7,10-12H,8-9,13H2,1-3H3,(H,26,28). The number of benzene rings is 2. The van der Waals surface area contributed by atoms with E-state index in [0.29, 0.717) is 23.9 Å². The van der Waals surface area contributed by atoms with Crippen LogP contribution in [0.5, 0.6) is 0 Å². The Bertz CT molecular complexity index is 1040. The number of aryl methyl sites for hydroxylation is 2. The first-order valence-electron chi connectivity index (χ1n) is 9.25. The Labute approximate surface area is 174 Å². The molecule has 2 amide bonds. The number of hydrogen-bond acceptors (Lipinski definition) is 3. The highest BCUT2D eigenvalue weighted by Gasteiger charge is 2.18. The van der Waals surface area contributed by atoms with E-state index < -0.39 is 11.8 Å². The molecule has 0 radical (unpaired) electrons. The van der Waals surface area contributed by atoms with Gasteiger partial charge in [0.25, 0.3) is 0 Å². The van der Waals surface area contributed by atoms with Gasteiger partial charge in [0.2, 0.25) is 0 Å². The van der Waals surface area contributed by atoms with Crippen molar-refractivity contribution in [2.75, 3.05) is 25.6 Å². The quantitative estimate of drug-likeness (QED) is 0.554. The third kappa shape index (κ3) is 5.02. The van der Waals surface area contributed by atoms with Gasteiger partial charge < -0.3 is 15.0 Å². The summed E-state index contributed by atoms with van der Waals surface area (Å²) in [5.41, 5.74) is 3.84. The van der Waals surface area contributed by atoms with E-state index in [-0.39, 0.29) is 12.2 Å². The molecule has 3 aromatic rings. The van der Waals surface area contributed by atoms with Gasteiger partial charge in [-0.25, -0.2) is 14.2 Å². The zero-order valence-corrected chi connectivity index (χ0v) is 17.4. The summed E-state index contributed by atoms with van der Waals surface area (Å²) in [6, 6.07) is 11.6. The number of carbonyl (C=O) groups is 1. The second-order valence-electron chi connectivity index (χ2n) is 6.91. The number of anilines is 1. The first-order chi connectivity index (χ1) is 13.9. The van der Waals surface area contributed by atoms with E-state index in [1.54, 1.807) is 19.2 Å². The number of rotatable bonds is 6. The fraction of sp³-hybridized carbons (Fsp3) is 0.273. The predicted molar refractivity (Wildman–Crippen MR) is 114 cm³/mol. The van der Waals surface area contributed by atoms with Crippen molar-refractivity contribution in [3.05, 3.63) is 70.1 Å². The van der Waals surface area contributed by atoms with E-state index in [9.17, 15) is 9.18 Å². The molecule has 0 atom stereocenters. The SMILES string of the molecule is COCCN(Cc1cc2c(C)cc(C)cc2nc1Cl)C(=O)Nc1ccccc1F. The Morgan fingerprint density at radius 3 is 2.72 bits per heavy atom. The highest BCUT2D eigenvalue weighted by atomic mass is 35.5. The van der Waals surface area contributed by atoms with Gasteiger partial charge in [0.15, 0.2) is 0 Å². The van der Waals surface area contributed by atoms with E-state index in [1.807, 2.05) is 26.0 Å². The number of urea groups is 1. The molecule has 0 aliphatic rings. The average Bonchev–Trinajstić information content (AvgIpc) is 2.67. The smallest absolute Gasteiger partial charge is 0.322 e. The van der Waals surface area contributed by atoms with Crippen LogP contribution in [0.4, 0.5) is 14.9 Å². The second kappa shape index (κ2) is 9.20. The summed E-state index contributed by atoms with van der Waals surface area (Å²) in [6.07, 6.45) is 0. The highest BCUT2D eigenvalue weighted by molar-refractivity contribution is 6.30. The van der Waals surface area contributed by atoms with Crippen LogP contribution in [0, 0.1) is 19.7 Å². The largest absolute Gasteiger partial charge is 0.383 e. The zero-order valence-electron chi connectivity index (χ0n) is 16.6. The van der Waals surface area contributed by atoms with Gasteiger partial charge in [-0.3, -0.25) is 0 Å². The molecular weight excluding hydrogens is 393 g/mol. The predicted octanol–water partition coefficient (Wildman–Crippen LogP) is 5.32. The Hall–Kier alpha value is -2.70. The minimum atomic E-state index is -0.496. The number of aromatic nitrogens is 1. The molecular formula is C22H23ClFN3O2. The van der Waals surface area contributed by atoms with Gasteiger partial charge in [-0.15, -0.1) is 0 Å². The van der Waals surface area contributed by atoms with Crippen LogP contribution in [0.25, 0.3) is 10.9 Å². The maximum absolute atomic E-state index is 13.9. The number of halogens is 2. The molecule has 1 N–H and O–H groups in total. The van der Waals surface area contributed by atoms with Crippen LogP contribution in [0.3, 0.4) is 0 Å². The summed E-state index contributed by atoms with van der Waals surface area (Å²) in [5, 5.41) is 3.93. The van der Waals surface area contributed by atoms with Gasteiger partial charge in [-0.1, -0.05) is 29.8 Å². The number of carbonyl (C=O) groups excluding carboxylic acids is 1. The lowest BCUT2D eigenvalue weighted by molar-refractivity contribution is 0.152. The van der Waals surface area contributed by atoms with Crippen molar-refractivity contribution >= 4 is 34.2 Å². The molecule has 0 saturated heterocycles. The normalized spacial score (nSPS) is 10.9. The lowest BCUT2D eigenvalue weighted by atomic mass is 10.0. The molecule has 7 heteroatoms. The molecule has 0 bridgehead atoms. The van der Waals surface area contributed by atoms with Gasteiger partial charge >= 0.3 is 6.03 Å². The number of pyridine rings is 1. The summed E-state index contributed by atoms with van der Waals surface area (Å²) in [6.45, 7) is 4.90. The van der Waals surface area contributed by atoms with Crippen LogP contribution in [0.15, 0.2) is 42.5 Å². The van der Waals surface area contributed by atoms with Gasteiger partial charge in [0.05, 0.1) is 24.4 Å². The molecule has 0 unspecified atom stereocenters. The number of methoxy groups -OCH3 is 1. The van der Waals surface area contributed by atoms with Crippen molar-refractivity contribution in [1.29, 1.82) is 0 Å². The molecule has 1 aromatic heterocycles. The Balaban J connectivity index is 1.89. The molecule has 152 valence electrons. The molecule has 0 saturated carbocycles. The average molecular weight is 416 g/mol. The molecule has 0 aliphatic carbocycles. The van der Waals surface area contributed by atoms with Crippen molar-refractivity contribution in [3.63, 3.8) is 0 Å². The van der Waals surface area contributed by atoms with E-state index in [2.05, 4.69) is 16.4 Å². The van der Waals surface area contributed by atoms with Gasteiger partial charge in [-0.05, 0) is 49.2 Å². The van der Waals surface area contributed by atoms with Crippen LogP contribution in [0.1, 0.15) is 16.7 Å². The van der Waals surface area contributed by atoms with Crippen molar-refractivity contribution in [2.45, 2.75) is 20.4 Å². The van der Waals surface area contributed by atoms with E-state index >= 15 is 0 Å². The number of amides is 2. The van der Waals surface area contributed by atoms with Crippen LogP contribution >= 0.6 is 11.6 Å². The van der Waals surface area contributed by atoms with Crippen LogP contribution in [-0.4, -0.2) is 36.2 Å². The van der Waals surface area contributed by atoms with Crippen molar-refractivity contribution in [2.24, 2.45) is 0 Å². The first-order valence-corrected chi connectivity index (χ1v) is 9.62. The molecule has 5 nitrogen and oxygen atoms in total. The molecule has 0 aliphatic heterocycles. The van der Waals surface area contributed by atoms with Gasteiger partial charge in [0, 0.05) is 24.6 Å². The molecule has 0 spiro atoms. The fourth-order valence-corrected chi connectivity index (χ4v) is 3.38. The summed E-state index contributed by atoms with van der Waals surface area (Å²) >= 11 is 6.42. The third-order valence-corrected chi connectivity index (χ3v) is 4.97. The number of hydrogen-bond donors (Lipinski definition) is 1. The summed E-state index contributed by atoms with van der Waals surface area (Å²) in [5.74, 6) is -0.496. The first kappa shape index (κ1) is 21.0. The minimum Gasteiger partial charge on any atom is -0.383 e. The fourth-order valence-electron chi connectivity index (χ4n) is 3.18. The zero-order chi connectivity index (χ0) is 21.0. The summed E-state index contributed by atoms with van der Waals surface area (Å²) < 4.78 is 19.0. The Morgan fingerprint density at radius 1 is 1.24 bits per heavy atom. The molecule has 3 rings (SSSR count). The highest BCUT2D eigenvalue weighted by Crippen LogP contribution is 2.26.